The summed E-state index contributed by atoms with van der Waals surface area (Å²) in [7, 11) is -8.17. The van der Waals surface area contributed by atoms with Crippen LogP contribution in [0.4, 0.5) is 8.78 Å². The number of ether oxygens (including phenoxy) is 2. The summed E-state index contributed by atoms with van der Waals surface area (Å²) in [6.45, 7) is -0.480. The first-order valence-electron chi connectivity index (χ1n) is 12.1. The van der Waals surface area contributed by atoms with Crippen molar-refractivity contribution in [2.45, 2.75) is 34.3 Å². The van der Waals surface area contributed by atoms with Gasteiger partial charge in [-0.2, -0.15) is 0 Å². The number of pyridine rings is 1. The fraction of sp³-hybridized carbons (Fsp3) is 0.346. The second-order valence-electron chi connectivity index (χ2n) is 9.58. The van der Waals surface area contributed by atoms with Gasteiger partial charge in [-0.25, -0.2) is 25.6 Å². The van der Waals surface area contributed by atoms with Crippen molar-refractivity contribution in [1.29, 1.82) is 0 Å². The highest BCUT2D eigenvalue weighted by Gasteiger charge is 2.61. The summed E-state index contributed by atoms with van der Waals surface area (Å²) in [5.41, 5.74) is -0.659. The lowest BCUT2D eigenvalue weighted by atomic mass is 9.75. The van der Waals surface area contributed by atoms with Gasteiger partial charge in [0.15, 0.2) is 31.2 Å². The predicted octanol–water partition coefficient (Wildman–Crippen LogP) is 3.78. The molecular formula is C26H24ClF2NO7S2. The fourth-order valence-corrected chi connectivity index (χ4v) is 9.37. The van der Waals surface area contributed by atoms with Crippen LogP contribution >= 0.6 is 11.6 Å². The van der Waals surface area contributed by atoms with Crippen LogP contribution in [0, 0.1) is 17.6 Å². The molecule has 2 aromatic carbocycles. The smallest absolute Gasteiger partial charge is 0.248 e. The first kappa shape index (κ1) is 27.8. The van der Waals surface area contributed by atoms with Crippen molar-refractivity contribution in [3.05, 3.63) is 92.9 Å². The number of fused-ring (bicyclic) bond motifs is 3. The number of hydrogen-bond acceptors (Lipinski definition) is 7. The van der Waals surface area contributed by atoms with E-state index in [1.165, 1.54) is 42.5 Å². The summed E-state index contributed by atoms with van der Waals surface area (Å²) < 4.78 is 94.1. The quantitative estimate of drug-likeness (QED) is 0.439. The normalized spacial score (nSPS) is 22.9. The first-order chi connectivity index (χ1) is 18.4. The van der Waals surface area contributed by atoms with E-state index in [0.717, 1.165) is 12.1 Å². The molecule has 0 amide bonds. The average molecular weight is 600 g/mol. The summed E-state index contributed by atoms with van der Waals surface area (Å²) in [6, 6.07) is 11.3. The lowest BCUT2D eigenvalue weighted by Gasteiger charge is -2.50. The van der Waals surface area contributed by atoms with Crippen LogP contribution in [0.15, 0.2) is 64.3 Å². The molecule has 0 saturated carbocycles. The molecule has 3 aromatic rings. The second kappa shape index (κ2) is 10.3. The molecule has 0 aliphatic carbocycles. The summed E-state index contributed by atoms with van der Waals surface area (Å²) in [6.07, 6.45) is -1.30. The van der Waals surface area contributed by atoms with E-state index in [9.17, 15) is 26.0 Å². The Morgan fingerprint density at radius 3 is 2.44 bits per heavy atom. The van der Waals surface area contributed by atoms with Crippen molar-refractivity contribution in [2.24, 2.45) is 5.92 Å². The Morgan fingerprint density at radius 2 is 1.72 bits per heavy atom. The average Bonchev–Trinajstić information content (AvgIpc) is 2.89. The van der Waals surface area contributed by atoms with Gasteiger partial charge in [-0.15, -0.1) is 0 Å². The Labute approximate surface area is 228 Å². The van der Waals surface area contributed by atoms with Gasteiger partial charge in [0, 0.05) is 29.3 Å². The number of halogens is 3. The van der Waals surface area contributed by atoms with Gasteiger partial charge in [0.25, 0.3) is 0 Å². The molecule has 2 aliphatic heterocycles. The molecule has 1 fully saturated rings. The van der Waals surface area contributed by atoms with Crippen molar-refractivity contribution in [3.8, 4) is 5.75 Å². The number of aromatic amines is 1. The van der Waals surface area contributed by atoms with E-state index in [0.29, 0.717) is 5.02 Å². The molecule has 13 heteroatoms. The van der Waals surface area contributed by atoms with E-state index in [1.807, 2.05) is 0 Å². The van der Waals surface area contributed by atoms with Crippen LogP contribution in [0.25, 0.3) is 0 Å². The van der Waals surface area contributed by atoms with Crippen LogP contribution in [0.5, 0.6) is 5.75 Å². The molecule has 2 aliphatic rings. The minimum absolute atomic E-state index is 0.127. The maximum Gasteiger partial charge on any atom is 0.248 e. The molecule has 39 heavy (non-hydrogen) atoms. The van der Waals surface area contributed by atoms with Gasteiger partial charge in [-0.05, 0) is 55.3 Å². The second-order valence-corrected chi connectivity index (χ2v) is 14.4. The van der Waals surface area contributed by atoms with Gasteiger partial charge in [-0.3, -0.25) is 4.79 Å². The summed E-state index contributed by atoms with van der Waals surface area (Å²) in [4.78, 5) is 13.9. The standard InChI is InChI=1S/C26H24ClF2NO7S2/c27-16-4-6-18(7-5-16)39(34,35)26-11-12-36-22(10-13-38(32,33)15-17-2-1-3-23(31)30-17)19(26)14-37-25-21(29)9-8-20(28)24(25)26/h1-9,19,22H,10-15H2,(H,30,31)/t19-,22-,26-/m0/s1. The molecule has 3 heterocycles. The van der Waals surface area contributed by atoms with Gasteiger partial charge in [0.1, 0.15) is 10.6 Å². The highest BCUT2D eigenvalue weighted by atomic mass is 35.5. The van der Waals surface area contributed by atoms with Crippen LogP contribution in [0.1, 0.15) is 24.1 Å². The molecule has 1 saturated heterocycles. The van der Waals surface area contributed by atoms with Crippen LogP contribution in [-0.4, -0.2) is 46.9 Å². The molecule has 1 N–H and O–H groups in total. The molecule has 208 valence electrons. The summed E-state index contributed by atoms with van der Waals surface area (Å²) in [5.74, 6) is -4.23. The van der Waals surface area contributed by atoms with Crippen LogP contribution in [0.2, 0.25) is 5.02 Å². The van der Waals surface area contributed by atoms with Crippen molar-refractivity contribution in [3.63, 3.8) is 0 Å². The molecule has 0 bridgehead atoms. The largest absolute Gasteiger partial charge is 0.490 e. The zero-order valence-electron chi connectivity index (χ0n) is 20.4. The number of benzene rings is 2. The highest BCUT2D eigenvalue weighted by Crippen LogP contribution is 2.56. The number of rotatable bonds is 7. The lowest BCUT2D eigenvalue weighted by molar-refractivity contribution is -0.0732. The monoisotopic (exact) mass is 599 g/mol. The Balaban J connectivity index is 1.55. The van der Waals surface area contributed by atoms with Crippen LogP contribution in [0.3, 0.4) is 0 Å². The maximum atomic E-state index is 15.5. The van der Waals surface area contributed by atoms with Gasteiger partial charge in [0.05, 0.1) is 34.7 Å². The van der Waals surface area contributed by atoms with E-state index in [1.54, 1.807) is 0 Å². The van der Waals surface area contributed by atoms with Crippen molar-refractivity contribution in [1.82, 2.24) is 4.98 Å². The Morgan fingerprint density at radius 1 is 1.00 bits per heavy atom. The first-order valence-corrected chi connectivity index (χ1v) is 15.7. The number of nitrogens with one attached hydrogen (secondary N) is 1. The van der Waals surface area contributed by atoms with Gasteiger partial charge in [0.2, 0.25) is 5.56 Å². The maximum absolute atomic E-state index is 15.5. The summed E-state index contributed by atoms with van der Waals surface area (Å²) in [5, 5.41) is 0.294. The number of sulfone groups is 2. The van der Waals surface area contributed by atoms with Crippen molar-refractivity contribution >= 4 is 31.3 Å². The molecule has 0 radical (unpaired) electrons. The summed E-state index contributed by atoms with van der Waals surface area (Å²) >= 11 is 5.96. The van der Waals surface area contributed by atoms with E-state index in [4.69, 9.17) is 21.1 Å². The molecule has 0 unspecified atom stereocenters. The predicted molar refractivity (Wildman–Crippen MR) is 139 cm³/mol. The van der Waals surface area contributed by atoms with Gasteiger partial charge in [-0.1, -0.05) is 17.7 Å². The molecular weight excluding hydrogens is 576 g/mol. The Hall–Kier alpha value is -2.80. The Bertz CT molecular complexity index is 1680. The van der Waals surface area contributed by atoms with Crippen molar-refractivity contribution in [2.75, 3.05) is 19.0 Å². The topological polar surface area (TPSA) is 120 Å². The molecule has 5 rings (SSSR count). The number of hydrogen-bond donors (Lipinski definition) is 1. The van der Waals surface area contributed by atoms with Crippen molar-refractivity contribution < 1.29 is 35.1 Å². The molecule has 8 nitrogen and oxygen atoms in total. The molecule has 0 spiro atoms. The number of aromatic nitrogens is 1. The zero-order chi connectivity index (χ0) is 28.0. The Kier molecular flexibility index (Phi) is 7.34. The van der Waals surface area contributed by atoms with Gasteiger partial charge < -0.3 is 14.5 Å². The number of H-pyrrole nitrogens is 1. The minimum Gasteiger partial charge on any atom is -0.490 e. The highest BCUT2D eigenvalue weighted by molar-refractivity contribution is 7.92. The zero-order valence-corrected chi connectivity index (χ0v) is 22.8. The minimum atomic E-state index is -4.41. The van der Waals surface area contributed by atoms with E-state index >= 15 is 4.39 Å². The molecule has 3 atom stereocenters. The van der Waals surface area contributed by atoms with E-state index in [2.05, 4.69) is 4.98 Å². The SMILES string of the molecule is O=c1cccc(CS(=O)(=O)CC[C@@H]2OCC[C@@]3(S(=O)(=O)c4ccc(Cl)cc4)c4c(F)ccc(F)c4OC[C@@H]23)[nH]1. The van der Waals surface area contributed by atoms with E-state index in [-0.39, 0.29) is 36.6 Å². The van der Waals surface area contributed by atoms with E-state index < -0.39 is 76.5 Å². The van der Waals surface area contributed by atoms with Crippen LogP contribution in [-0.2, 0) is 34.9 Å². The third-order valence-corrected chi connectivity index (χ3v) is 11.7. The third-order valence-electron chi connectivity index (χ3n) is 7.26. The lowest BCUT2D eigenvalue weighted by Crippen LogP contribution is -2.57. The fourth-order valence-electron chi connectivity index (χ4n) is 5.52. The molecule has 1 aromatic heterocycles. The van der Waals surface area contributed by atoms with Gasteiger partial charge >= 0.3 is 0 Å². The van der Waals surface area contributed by atoms with Crippen LogP contribution < -0.4 is 10.3 Å². The third kappa shape index (κ3) is 4.99.